The van der Waals surface area contributed by atoms with Gasteiger partial charge in [-0.2, -0.15) is 5.10 Å². The third-order valence-electron chi connectivity index (χ3n) is 4.03. The number of nitrogens with zero attached hydrogens (tertiary/aromatic N) is 1. The number of benzene rings is 2. The number of rotatable bonds is 4. The van der Waals surface area contributed by atoms with Gasteiger partial charge in [-0.3, -0.25) is 4.79 Å². The summed E-state index contributed by atoms with van der Waals surface area (Å²) in [6.45, 7) is 0. The summed E-state index contributed by atoms with van der Waals surface area (Å²) in [6.07, 6.45) is 3.36. The lowest BCUT2D eigenvalue weighted by Crippen LogP contribution is -2.23. The number of nitrogens with one attached hydrogen (secondary N) is 1. The molecular formula is C19H20N2O2. The van der Waals surface area contributed by atoms with Crippen molar-refractivity contribution in [3.05, 3.63) is 65.2 Å². The topological polar surface area (TPSA) is 50.7 Å². The first-order valence-electron chi connectivity index (χ1n) is 7.83. The van der Waals surface area contributed by atoms with E-state index in [4.69, 9.17) is 4.74 Å². The van der Waals surface area contributed by atoms with Gasteiger partial charge in [-0.05, 0) is 42.5 Å². The Kier molecular flexibility index (Phi) is 4.71. The smallest absolute Gasteiger partial charge is 0.244 e. The van der Waals surface area contributed by atoms with Crippen LogP contribution >= 0.6 is 0 Å². The minimum Gasteiger partial charge on any atom is -0.497 e. The van der Waals surface area contributed by atoms with Gasteiger partial charge < -0.3 is 4.74 Å². The lowest BCUT2D eigenvalue weighted by atomic mass is 9.90. The molecule has 1 aliphatic rings. The lowest BCUT2D eigenvalue weighted by molar-refractivity contribution is -0.120. The molecule has 0 aliphatic heterocycles. The normalized spacial score (nSPS) is 15.1. The number of carbonyl (C=O) groups excluding carboxylic acids is 1. The molecule has 4 heteroatoms. The van der Waals surface area contributed by atoms with Gasteiger partial charge in [0.1, 0.15) is 5.75 Å². The van der Waals surface area contributed by atoms with Gasteiger partial charge in [0.15, 0.2) is 0 Å². The number of aryl methyl sites for hydroxylation is 1. The van der Waals surface area contributed by atoms with Crippen molar-refractivity contribution in [2.45, 2.75) is 25.7 Å². The van der Waals surface area contributed by atoms with Crippen LogP contribution in [-0.4, -0.2) is 18.7 Å². The SMILES string of the molecule is COc1ccc(CC(=O)NN=C2CCCc3ccccc32)cc1. The Morgan fingerprint density at radius 2 is 1.91 bits per heavy atom. The summed E-state index contributed by atoms with van der Waals surface area (Å²) in [7, 11) is 1.62. The first kappa shape index (κ1) is 15.3. The van der Waals surface area contributed by atoms with E-state index in [1.54, 1.807) is 7.11 Å². The van der Waals surface area contributed by atoms with Crippen LogP contribution in [0.1, 0.15) is 29.5 Å². The van der Waals surface area contributed by atoms with Gasteiger partial charge in [-0.25, -0.2) is 5.43 Å². The molecule has 0 fully saturated rings. The highest BCUT2D eigenvalue weighted by Gasteiger charge is 2.15. The van der Waals surface area contributed by atoms with E-state index >= 15 is 0 Å². The van der Waals surface area contributed by atoms with Crippen LogP contribution in [-0.2, 0) is 17.6 Å². The summed E-state index contributed by atoms with van der Waals surface area (Å²) < 4.78 is 5.11. The van der Waals surface area contributed by atoms with Crippen molar-refractivity contribution in [1.82, 2.24) is 5.43 Å². The zero-order valence-corrected chi connectivity index (χ0v) is 13.2. The summed E-state index contributed by atoms with van der Waals surface area (Å²) in [5.74, 6) is 0.680. The predicted octanol–water partition coefficient (Wildman–Crippen LogP) is 3.09. The zero-order valence-electron chi connectivity index (χ0n) is 13.2. The minimum atomic E-state index is -0.106. The second-order valence-electron chi connectivity index (χ2n) is 5.63. The third-order valence-corrected chi connectivity index (χ3v) is 4.03. The van der Waals surface area contributed by atoms with Crippen LogP contribution in [0.15, 0.2) is 53.6 Å². The lowest BCUT2D eigenvalue weighted by Gasteiger charge is -2.17. The van der Waals surface area contributed by atoms with Crippen molar-refractivity contribution in [3.63, 3.8) is 0 Å². The second kappa shape index (κ2) is 7.09. The van der Waals surface area contributed by atoms with Crippen molar-refractivity contribution in [2.75, 3.05) is 7.11 Å². The van der Waals surface area contributed by atoms with Crippen LogP contribution in [0, 0.1) is 0 Å². The molecule has 0 saturated carbocycles. The van der Waals surface area contributed by atoms with Crippen molar-refractivity contribution in [3.8, 4) is 5.75 Å². The van der Waals surface area contributed by atoms with E-state index in [2.05, 4.69) is 22.7 Å². The third kappa shape index (κ3) is 3.77. The van der Waals surface area contributed by atoms with Gasteiger partial charge in [0.05, 0.1) is 19.2 Å². The van der Waals surface area contributed by atoms with Crippen LogP contribution < -0.4 is 10.2 Å². The number of hydrazone groups is 1. The average molecular weight is 308 g/mol. The standard InChI is InChI=1S/C19H20N2O2/c1-23-16-11-9-14(10-12-16)13-19(22)21-20-18-8-4-6-15-5-2-3-7-17(15)18/h2-3,5,7,9-12H,4,6,8,13H2,1H3,(H,21,22). The van der Waals surface area contributed by atoms with E-state index < -0.39 is 0 Å². The van der Waals surface area contributed by atoms with E-state index in [-0.39, 0.29) is 5.91 Å². The Balaban J connectivity index is 1.64. The molecule has 3 rings (SSSR count). The number of hydrogen-bond donors (Lipinski definition) is 1. The Hall–Kier alpha value is -2.62. The Bertz CT molecular complexity index is 720. The molecule has 0 unspecified atom stereocenters. The molecule has 1 N–H and O–H groups in total. The van der Waals surface area contributed by atoms with Gasteiger partial charge in [0.25, 0.3) is 0 Å². The number of amides is 1. The number of fused-ring (bicyclic) bond motifs is 1. The molecule has 0 heterocycles. The highest BCUT2D eigenvalue weighted by Crippen LogP contribution is 2.21. The van der Waals surface area contributed by atoms with Crippen molar-refractivity contribution < 1.29 is 9.53 Å². The van der Waals surface area contributed by atoms with Gasteiger partial charge in [-0.15, -0.1) is 0 Å². The summed E-state index contributed by atoms with van der Waals surface area (Å²) in [4.78, 5) is 12.1. The summed E-state index contributed by atoms with van der Waals surface area (Å²) in [6, 6.07) is 15.7. The second-order valence-corrected chi connectivity index (χ2v) is 5.63. The van der Waals surface area contributed by atoms with Gasteiger partial charge >= 0.3 is 0 Å². The monoisotopic (exact) mass is 308 g/mol. The maximum absolute atomic E-state index is 12.1. The van der Waals surface area contributed by atoms with Crippen LogP contribution in [0.25, 0.3) is 0 Å². The van der Waals surface area contributed by atoms with Crippen molar-refractivity contribution in [2.24, 2.45) is 5.10 Å². The van der Waals surface area contributed by atoms with Gasteiger partial charge in [0, 0.05) is 5.56 Å². The molecule has 0 radical (unpaired) electrons. The number of hydrogen-bond acceptors (Lipinski definition) is 3. The maximum Gasteiger partial charge on any atom is 0.244 e. The largest absolute Gasteiger partial charge is 0.497 e. The van der Waals surface area contributed by atoms with E-state index in [9.17, 15) is 4.79 Å². The fraction of sp³-hybridized carbons (Fsp3) is 0.263. The fourth-order valence-corrected chi connectivity index (χ4v) is 2.82. The molecule has 0 aromatic heterocycles. The Morgan fingerprint density at radius 3 is 2.70 bits per heavy atom. The van der Waals surface area contributed by atoms with Crippen LogP contribution in [0.3, 0.4) is 0 Å². The molecule has 0 atom stereocenters. The number of carbonyl (C=O) groups is 1. The molecular weight excluding hydrogens is 288 g/mol. The quantitative estimate of drug-likeness (QED) is 0.882. The highest BCUT2D eigenvalue weighted by molar-refractivity contribution is 6.03. The summed E-state index contributed by atoms with van der Waals surface area (Å²) >= 11 is 0. The number of methoxy groups -OCH3 is 1. The van der Waals surface area contributed by atoms with Crippen LogP contribution in [0.5, 0.6) is 5.75 Å². The molecule has 0 spiro atoms. The molecule has 0 bridgehead atoms. The Labute approximate surface area is 136 Å². The minimum absolute atomic E-state index is 0.106. The first-order chi connectivity index (χ1) is 11.3. The fourth-order valence-electron chi connectivity index (χ4n) is 2.82. The van der Waals surface area contributed by atoms with Crippen molar-refractivity contribution in [1.29, 1.82) is 0 Å². The summed E-state index contributed by atoms with van der Waals surface area (Å²) in [5, 5.41) is 4.35. The van der Waals surface area contributed by atoms with Crippen molar-refractivity contribution >= 4 is 11.6 Å². The number of ether oxygens (including phenoxy) is 1. The predicted molar refractivity (Wildman–Crippen MR) is 90.8 cm³/mol. The first-order valence-corrected chi connectivity index (χ1v) is 7.83. The molecule has 2 aromatic rings. The van der Waals surface area contributed by atoms with E-state index in [0.29, 0.717) is 6.42 Å². The van der Waals surface area contributed by atoms with Gasteiger partial charge in [0.2, 0.25) is 5.91 Å². The molecule has 0 saturated heterocycles. The van der Waals surface area contributed by atoms with E-state index in [1.165, 1.54) is 5.56 Å². The molecule has 2 aromatic carbocycles. The summed E-state index contributed by atoms with van der Waals surface area (Å²) in [5.41, 5.74) is 7.06. The van der Waals surface area contributed by atoms with E-state index in [0.717, 1.165) is 41.9 Å². The van der Waals surface area contributed by atoms with Crippen LogP contribution in [0.2, 0.25) is 0 Å². The maximum atomic E-state index is 12.1. The molecule has 4 nitrogen and oxygen atoms in total. The van der Waals surface area contributed by atoms with Crippen LogP contribution in [0.4, 0.5) is 0 Å². The average Bonchev–Trinajstić information content (AvgIpc) is 2.60. The molecule has 1 amide bonds. The van der Waals surface area contributed by atoms with E-state index in [1.807, 2.05) is 36.4 Å². The highest BCUT2D eigenvalue weighted by atomic mass is 16.5. The molecule has 118 valence electrons. The molecule has 23 heavy (non-hydrogen) atoms. The molecule has 1 aliphatic carbocycles. The zero-order chi connectivity index (χ0) is 16.1. The van der Waals surface area contributed by atoms with Gasteiger partial charge in [-0.1, -0.05) is 36.4 Å². The Morgan fingerprint density at radius 1 is 1.13 bits per heavy atom.